The maximum absolute atomic E-state index is 8.55. The van der Waals surface area contributed by atoms with Gasteiger partial charge in [-0.3, -0.25) is 0 Å². The van der Waals surface area contributed by atoms with E-state index in [1.165, 1.54) is 0 Å². The largest absolute Gasteiger partial charge is 0.495 e. The quantitative estimate of drug-likeness (QED) is 0.687. The molecule has 13 heavy (non-hydrogen) atoms. The van der Waals surface area contributed by atoms with Crippen molar-refractivity contribution in [2.45, 2.75) is 0 Å². The third-order valence-electron chi connectivity index (χ3n) is 1.67. The van der Waals surface area contributed by atoms with Gasteiger partial charge in [0.1, 0.15) is 5.75 Å². The summed E-state index contributed by atoms with van der Waals surface area (Å²) in [4.78, 5) is 0. The zero-order valence-corrected chi connectivity index (χ0v) is 7.53. The topological polar surface area (TPSA) is 55.5 Å². The second kappa shape index (κ2) is 4.52. The molecule has 0 unspecified atom stereocenters. The fourth-order valence-corrected chi connectivity index (χ4v) is 1.05. The first-order valence-corrected chi connectivity index (χ1v) is 3.99. The van der Waals surface area contributed by atoms with Gasteiger partial charge in [0, 0.05) is 0 Å². The minimum absolute atomic E-state index is 0.0337. The summed E-state index contributed by atoms with van der Waals surface area (Å²) >= 11 is 0. The molecule has 0 radical (unpaired) electrons. The van der Waals surface area contributed by atoms with Gasteiger partial charge in [-0.05, 0) is 17.7 Å². The standard InChI is InChI=1S/C10H13NO2/c1-13-10-5-4-8(3-2-6-12)7-9(10)11/h2-5,7,12H,6,11H2,1H3/b3-2+. The molecule has 1 aromatic carbocycles. The molecule has 3 N–H and O–H groups in total. The number of ether oxygens (including phenoxy) is 1. The van der Waals surface area contributed by atoms with Crippen molar-refractivity contribution in [2.24, 2.45) is 0 Å². The molecule has 0 aliphatic heterocycles. The summed E-state index contributed by atoms with van der Waals surface area (Å²) in [6.45, 7) is 0.0337. The van der Waals surface area contributed by atoms with Gasteiger partial charge in [-0.1, -0.05) is 18.2 Å². The first-order valence-electron chi connectivity index (χ1n) is 3.99. The van der Waals surface area contributed by atoms with E-state index in [9.17, 15) is 0 Å². The van der Waals surface area contributed by atoms with Gasteiger partial charge in [0.25, 0.3) is 0 Å². The highest BCUT2D eigenvalue weighted by Crippen LogP contribution is 2.22. The van der Waals surface area contributed by atoms with Crippen molar-refractivity contribution in [1.82, 2.24) is 0 Å². The number of nitrogens with two attached hydrogens (primary N) is 1. The molecule has 0 heterocycles. The zero-order valence-electron chi connectivity index (χ0n) is 7.53. The van der Waals surface area contributed by atoms with Crippen LogP contribution in [-0.4, -0.2) is 18.8 Å². The van der Waals surface area contributed by atoms with Gasteiger partial charge in [0.2, 0.25) is 0 Å². The molecular weight excluding hydrogens is 166 g/mol. The molecule has 3 heteroatoms. The highest BCUT2D eigenvalue weighted by molar-refractivity contribution is 5.61. The fourth-order valence-electron chi connectivity index (χ4n) is 1.05. The lowest BCUT2D eigenvalue weighted by Gasteiger charge is -2.04. The van der Waals surface area contributed by atoms with E-state index in [-0.39, 0.29) is 6.61 Å². The Hall–Kier alpha value is -1.48. The number of nitrogen functional groups attached to an aromatic ring is 1. The summed E-state index contributed by atoms with van der Waals surface area (Å²) in [5.41, 5.74) is 7.23. The van der Waals surface area contributed by atoms with Crippen LogP contribution in [0, 0.1) is 0 Å². The molecule has 0 saturated heterocycles. The number of hydrogen-bond donors (Lipinski definition) is 2. The number of anilines is 1. The molecule has 1 aromatic rings. The molecular formula is C10H13NO2. The van der Waals surface area contributed by atoms with Crippen molar-refractivity contribution in [2.75, 3.05) is 19.5 Å². The maximum atomic E-state index is 8.55. The number of methoxy groups -OCH3 is 1. The Kier molecular flexibility index (Phi) is 3.34. The second-order valence-corrected chi connectivity index (χ2v) is 2.59. The van der Waals surface area contributed by atoms with Crippen LogP contribution in [0.25, 0.3) is 6.08 Å². The van der Waals surface area contributed by atoms with Gasteiger partial charge < -0.3 is 15.6 Å². The van der Waals surface area contributed by atoms with E-state index < -0.39 is 0 Å². The normalized spacial score (nSPS) is 10.6. The molecule has 0 aliphatic rings. The number of aliphatic hydroxyl groups is 1. The lowest BCUT2D eigenvalue weighted by Crippen LogP contribution is -1.92. The Balaban J connectivity index is 2.89. The average molecular weight is 179 g/mol. The third kappa shape index (κ3) is 2.49. The van der Waals surface area contributed by atoms with Crippen LogP contribution >= 0.6 is 0 Å². The Morgan fingerprint density at radius 3 is 2.85 bits per heavy atom. The minimum Gasteiger partial charge on any atom is -0.495 e. The van der Waals surface area contributed by atoms with Crippen LogP contribution in [0.3, 0.4) is 0 Å². The third-order valence-corrected chi connectivity index (χ3v) is 1.67. The number of hydrogen-bond acceptors (Lipinski definition) is 3. The summed E-state index contributed by atoms with van der Waals surface area (Å²) in [6, 6.07) is 5.47. The van der Waals surface area contributed by atoms with E-state index in [2.05, 4.69) is 0 Å². The van der Waals surface area contributed by atoms with E-state index in [0.717, 1.165) is 5.56 Å². The number of benzene rings is 1. The van der Waals surface area contributed by atoms with Gasteiger partial charge in [-0.2, -0.15) is 0 Å². The minimum atomic E-state index is 0.0337. The molecule has 0 bridgehead atoms. The first-order chi connectivity index (χ1) is 6.27. The van der Waals surface area contributed by atoms with Crippen molar-refractivity contribution in [3.05, 3.63) is 29.8 Å². The summed E-state index contributed by atoms with van der Waals surface area (Å²) in [5.74, 6) is 0.668. The van der Waals surface area contributed by atoms with Crippen LogP contribution < -0.4 is 10.5 Å². The van der Waals surface area contributed by atoms with Crippen molar-refractivity contribution in [3.8, 4) is 5.75 Å². The lowest BCUT2D eigenvalue weighted by molar-refractivity contribution is 0.343. The maximum Gasteiger partial charge on any atom is 0.141 e. The molecule has 70 valence electrons. The monoisotopic (exact) mass is 179 g/mol. The van der Waals surface area contributed by atoms with Crippen LogP contribution in [0.2, 0.25) is 0 Å². The zero-order chi connectivity index (χ0) is 9.68. The van der Waals surface area contributed by atoms with E-state index in [1.807, 2.05) is 6.07 Å². The Labute approximate surface area is 77.4 Å². The van der Waals surface area contributed by atoms with Crippen molar-refractivity contribution in [3.63, 3.8) is 0 Å². The van der Waals surface area contributed by atoms with Gasteiger partial charge in [0.15, 0.2) is 0 Å². The van der Waals surface area contributed by atoms with E-state index >= 15 is 0 Å². The smallest absolute Gasteiger partial charge is 0.141 e. The van der Waals surface area contributed by atoms with Crippen LogP contribution in [0.1, 0.15) is 5.56 Å². The molecule has 1 rings (SSSR count). The predicted octanol–water partition coefficient (Wildman–Crippen LogP) is 1.28. The summed E-state index contributed by atoms with van der Waals surface area (Å²) in [6.07, 6.45) is 3.46. The number of aliphatic hydroxyl groups excluding tert-OH is 1. The molecule has 0 fully saturated rings. The second-order valence-electron chi connectivity index (χ2n) is 2.59. The highest BCUT2D eigenvalue weighted by atomic mass is 16.5. The number of rotatable bonds is 3. The Bertz CT molecular complexity index is 308. The molecule has 0 aliphatic carbocycles. The van der Waals surface area contributed by atoms with Crippen molar-refractivity contribution >= 4 is 11.8 Å². The molecule has 0 amide bonds. The molecule has 0 spiro atoms. The van der Waals surface area contributed by atoms with Gasteiger partial charge in [-0.25, -0.2) is 0 Å². The molecule has 3 nitrogen and oxygen atoms in total. The molecule has 0 aromatic heterocycles. The average Bonchev–Trinajstić information content (AvgIpc) is 2.15. The van der Waals surface area contributed by atoms with Gasteiger partial charge in [-0.15, -0.1) is 0 Å². The lowest BCUT2D eigenvalue weighted by atomic mass is 10.2. The van der Waals surface area contributed by atoms with Crippen LogP contribution in [0.15, 0.2) is 24.3 Å². The van der Waals surface area contributed by atoms with Gasteiger partial charge >= 0.3 is 0 Å². The van der Waals surface area contributed by atoms with E-state index in [1.54, 1.807) is 31.4 Å². The van der Waals surface area contributed by atoms with Crippen LogP contribution in [-0.2, 0) is 0 Å². The predicted molar refractivity (Wildman–Crippen MR) is 53.5 cm³/mol. The highest BCUT2D eigenvalue weighted by Gasteiger charge is 1.97. The summed E-state index contributed by atoms with van der Waals surface area (Å²) < 4.78 is 5.01. The van der Waals surface area contributed by atoms with Crippen molar-refractivity contribution < 1.29 is 9.84 Å². The summed E-state index contributed by atoms with van der Waals surface area (Å²) in [7, 11) is 1.58. The van der Waals surface area contributed by atoms with Crippen LogP contribution in [0.4, 0.5) is 5.69 Å². The Morgan fingerprint density at radius 1 is 1.54 bits per heavy atom. The SMILES string of the molecule is COc1ccc(/C=C/CO)cc1N. The van der Waals surface area contributed by atoms with Crippen LogP contribution in [0.5, 0.6) is 5.75 Å². The molecule has 0 atom stereocenters. The van der Waals surface area contributed by atoms with E-state index in [0.29, 0.717) is 11.4 Å². The van der Waals surface area contributed by atoms with Crippen molar-refractivity contribution in [1.29, 1.82) is 0 Å². The first kappa shape index (κ1) is 9.61. The fraction of sp³-hybridized carbons (Fsp3) is 0.200. The molecule has 0 saturated carbocycles. The van der Waals surface area contributed by atoms with Gasteiger partial charge in [0.05, 0.1) is 19.4 Å². The summed E-state index contributed by atoms with van der Waals surface area (Å²) in [5, 5.41) is 8.55. The van der Waals surface area contributed by atoms with E-state index in [4.69, 9.17) is 15.6 Å². The Morgan fingerprint density at radius 2 is 2.31 bits per heavy atom.